The van der Waals surface area contributed by atoms with Crippen molar-refractivity contribution in [2.75, 3.05) is 49.7 Å². The molecule has 72 heavy (non-hydrogen) atoms. The Hall–Kier alpha value is -6.68. The van der Waals surface area contributed by atoms with E-state index < -0.39 is 35.4 Å². The summed E-state index contributed by atoms with van der Waals surface area (Å²) in [4.78, 5) is 87.6. The number of carbonyl (C=O) groups excluding carboxylic acids is 5. The van der Waals surface area contributed by atoms with Gasteiger partial charge in [0.1, 0.15) is 35.7 Å². The van der Waals surface area contributed by atoms with Gasteiger partial charge in [0.05, 0.1) is 53.2 Å². The zero-order valence-corrected chi connectivity index (χ0v) is 43.2. The van der Waals surface area contributed by atoms with Crippen LogP contribution in [0, 0.1) is 12.3 Å². The maximum absolute atomic E-state index is 14.0. The number of nitrogens with zero attached hydrogens (tertiary/aromatic N) is 9. The van der Waals surface area contributed by atoms with Crippen molar-refractivity contribution in [2.24, 2.45) is 5.41 Å². The van der Waals surface area contributed by atoms with Crippen LogP contribution in [-0.2, 0) is 50.1 Å². The van der Waals surface area contributed by atoms with Gasteiger partial charge in [-0.3, -0.25) is 28.9 Å². The molecule has 1 saturated heterocycles. The standard InChI is InChI=1S/C51H67N13O7S/c1-9-62-29-56-60-47(62)38-11-10-12-41(57-38)64-28-37-36(49(64)69)24-42(61(8)31(2)3)58-39(37)26-52-19-20-53-43(66)17-21-71-22-18-44(67)59-46(51(5,6)7)50(70)63-27-35(65)23-40(63)48(68)54-25-33-13-15-34(16-14-33)45-32(4)55-30-72-45/h10-16,24,29-31,35,40,46,52,65H,9,17-23,25-28H2,1-8H3,(H,53,66)(H,54,68)(H,59,67)/t35-,40+,46-/m1/s1. The molecule has 0 spiro atoms. The van der Waals surface area contributed by atoms with Crippen molar-refractivity contribution in [3.05, 3.63) is 88.4 Å². The summed E-state index contributed by atoms with van der Waals surface area (Å²) in [6, 6.07) is 13.4. The predicted octanol–water partition coefficient (Wildman–Crippen LogP) is 4.00. The minimum absolute atomic E-state index is 0.0233. The number of carbonyl (C=O) groups is 5. The van der Waals surface area contributed by atoms with Gasteiger partial charge in [-0.05, 0) is 62.4 Å². The Kier molecular flexibility index (Phi) is 17.5. The van der Waals surface area contributed by atoms with Gasteiger partial charge in [0.2, 0.25) is 23.6 Å². The predicted molar refractivity (Wildman–Crippen MR) is 274 cm³/mol. The molecule has 20 nitrogen and oxygen atoms in total. The molecule has 0 unspecified atom stereocenters. The van der Waals surface area contributed by atoms with Crippen LogP contribution in [0.15, 0.2) is 60.4 Å². The molecular formula is C51H67N13O7S. The molecule has 21 heteroatoms. The number of benzene rings is 1. The summed E-state index contributed by atoms with van der Waals surface area (Å²) in [7, 11) is 1.94. The van der Waals surface area contributed by atoms with E-state index in [1.807, 2.05) is 93.6 Å². The van der Waals surface area contributed by atoms with Crippen LogP contribution in [-0.4, -0.2) is 133 Å². The quantitative estimate of drug-likeness (QED) is 0.0616. The second kappa shape index (κ2) is 23.7. The highest BCUT2D eigenvalue weighted by Crippen LogP contribution is 2.33. The van der Waals surface area contributed by atoms with E-state index in [4.69, 9.17) is 14.7 Å². The molecule has 0 radical (unpaired) electrons. The van der Waals surface area contributed by atoms with E-state index in [0.29, 0.717) is 61.4 Å². The fourth-order valence-corrected chi connectivity index (χ4v) is 9.35. The van der Waals surface area contributed by atoms with Crippen molar-refractivity contribution in [1.29, 1.82) is 0 Å². The normalized spacial score (nSPS) is 16.0. The first kappa shape index (κ1) is 53.1. The largest absolute Gasteiger partial charge is 0.391 e. The number of fused-ring (bicyclic) bond motifs is 1. The van der Waals surface area contributed by atoms with E-state index in [2.05, 4.69) is 50.3 Å². The lowest BCUT2D eigenvalue weighted by Crippen LogP contribution is -2.57. The van der Waals surface area contributed by atoms with Gasteiger partial charge in [-0.1, -0.05) is 51.1 Å². The molecule has 2 aliphatic rings. The number of ether oxygens (including phenoxy) is 1. The number of β-amino-alcohol motifs (C(OH)–C–C–N with tert-alkyl or cyclic N) is 1. The Labute approximate surface area is 424 Å². The topological polar surface area (TPSA) is 242 Å². The number of aromatic nitrogens is 6. The third-order valence-corrected chi connectivity index (χ3v) is 13.9. The number of anilines is 2. The molecule has 0 aliphatic carbocycles. The highest BCUT2D eigenvalue weighted by molar-refractivity contribution is 7.13. The summed E-state index contributed by atoms with van der Waals surface area (Å²) in [6.45, 7) is 16.0. The second-order valence-corrected chi connectivity index (χ2v) is 20.3. The third-order valence-electron chi connectivity index (χ3n) is 12.9. The SMILES string of the molecule is CCn1cnnc1-c1cccc(N2Cc3c(cc(N(C)C(C)C)nc3CNCCNC(=O)CCOCCC(=O)N[C@H](C(=O)N3C[C@H](O)C[C@H]3C(=O)NCc3ccc(-c4scnc4C)cc3)C(C)(C)C)C2=O)n1. The van der Waals surface area contributed by atoms with Crippen LogP contribution in [0.2, 0.25) is 0 Å². The van der Waals surface area contributed by atoms with Gasteiger partial charge >= 0.3 is 0 Å². The Balaban J connectivity index is 0.836. The molecule has 0 bridgehead atoms. The molecule has 7 rings (SSSR count). The molecule has 1 fully saturated rings. The van der Waals surface area contributed by atoms with Crippen molar-refractivity contribution in [1.82, 2.24) is 55.9 Å². The minimum Gasteiger partial charge on any atom is -0.391 e. The van der Waals surface area contributed by atoms with Crippen LogP contribution >= 0.6 is 11.3 Å². The summed E-state index contributed by atoms with van der Waals surface area (Å²) in [5.74, 6) is 0.149. The van der Waals surface area contributed by atoms with Gasteiger partial charge in [0, 0.05) is 77.2 Å². The number of likely N-dealkylation sites (tertiary alicyclic amines) is 1. The second-order valence-electron chi connectivity index (χ2n) is 19.5. The van der Waals surface area contributed by atoms with Crippen molar-refractivity contribution in [3.8, 4) is 22.0 Å². The molecule has 4 aromatic heterocycles. The number of aryl methyl sites for hydroxylation is 2. The first-order chi connectivity index (χ1) is 34.4. The minimum atomic E-state index is -0.979. The summed E-state index contributed by atoms with van der Waals surface area (Å²) >= 11 is 1.57. The molecule has 2 aliphatic heterocycles. The number of amides is 5. The molecule has 3 atom stereocenters. The van der Waals surface area contributed by atoms with Gasteiger partial charge in [-0.2, -0.15) is 0 Å². The maximum Gasteiger partial charge on any atom is 0.260 e. The molecule has 5 amide bonds. The molecule has 6 heterocycles. The van der Waals surface area contributed by atoms with Gasteiger partial charge in [0.25, 0.3) is 5.91 Å². The first-order valence-corrected chi connectivity index (χ1v) is 25.3. The summed E-state index contributed by atoms with van der Waals surface area (Å²) in [5.41, 5.74) is 6.69. The monoisotopic (exact) mass is 1010 g/mol. The smallest absolute Gasteiger partial charge is 0.260 e. The van der Waals surface area contributed by atoms with E-state index >= 15 is 0 Å². The van der Waals surface area contributed by atoms with Crippen LogP contribution in [0.25, 0.3) is 22.0 Å². The molecular weight excluding hydrogens is 939 g/mol. The highest BCUT2D eigenvalue weighted by Gasteiger charge is 2.44. The Morgan fingerprint density at radius 1 is 0.986 bits per heavy atom. The number of rotatable bonds is 22. The van der Waals surface area contributed by atoms with Crippen molar-refractivity contribution in [2.45, 2.75) is 118 Å². The number of hydrogen-bond acceptors (Lipinski definition) is 15. The Morgan fingerprint density at radius 3 is 2.43 bits per heavy atom. The highest BCUT2D eigenvalue weighted by atomic mass is 32.1. The summed E-state index contributed by atoms with van der Waals surface area (Å²) < 4.78 is 7.53. The van der Waals surface area contributed by atoms with Gasteiger partial charge in [0.15, 0.2) is 5.82 Å². The average Bonchev–Trinajstić information content (AvgIpc) is 4.18. The Bertz CT molecular complexity index is 2720. The summed E-state index contributed by atoms with van der Waals surface area (Å²) in [5, 5.41) is 30.9. The number of thiazole rings is 1. The lowest BCUT2D eigenvalue weighted by Gasteiger charge is -2.35. The fourth-order valence-electron chi connectivity index (χ4n) is 8.54. The first-order valence-electron chi connectivity index (χ1n) is 24.5. The van der Waals surface area contributed by atoms with Crippen molar-refractivity contribution < 1.29 is 33.8 Å². The number of pyridine rings is 2. The number of aliphatic hydroxyl groups excluding tert-OH is 1. The zero-order valence-electron chi connectivity index (χ0n) is 42.4. The molecule has 384 valence electrons. The van der Waals surface area contributed by atoms with Crippen LogP contribution in [0.1, 0.15) is 93.7 Å². The van der Waals surface area contributed by atoms with Crippen LogP contribution < -0.4 is 31.1 Å². The number of nitrogens with one attached hydrogen (secondary N) is 4. The van der Waals surface area contributed by atoms with E-state index in [0.717, 1.165) is 33.0 Å². The number of aliphatic hydroxyl groups is 1. The fraction of sp³-hybridized carbons (Fsp3) is 0.490. The van der Waals surface area contributed by atoms with Crippen LogP contribution in [0.4, 0.5) is 11.6 Å². The lowest BCUT2D eigenvalue weighted by molar-refractivity contribution is -0.144. The molecule has 5 N–H and O–H groups in total. The van der Waals surface area contributed by atoms with Gasteiger partial charge < -0.3 is 45.5 Å². The lowest BCUT2D eigenvalue weighted by atomic mass is 9.85. The number of hydrogen-bond donors (Lipinski definition) is 5. The van der Waals surface area contributed by atoms with Crippen LogP contribution in [0.3, 0.4) is 0 Å². The van der Waals surface area contributed by atoms with Gasteiger partial charge in [-0.15, -0.1) is 21.5 Å². The van der Waals surface area contributed by atoms with E-state index in [1.54, 1.807) is 34.1 Å². The maximum atomic E-state index is 14.0. The van der Waals surface area contributed by atoms with E-state index in [1.165, 1.54) is 4.90 Å². The average molecular weight is 1010 g/mol. The molecule has 0 saturated carbocycles. The van der Waals surface area contributed by atoms with Gasteiger partial charge in [-0.25, -0.2) is 15.0 Å². The van der Waals surface area contributed by atoms with Crippen molar-refractivity contribution in [3.63, 3.8) is 0 Å². The van der Waals surface area contributed by atoms with E-state index in [-0.39, 0.29) is 69.3 Å². The third kappa shape index (κ3) is 12.9. The molecule has 5 aromatic rings. The Morgan fingerprint density at radius 2 is 1.74 bits per heavy atom. The molecule has 1 aromatic carbocycles. The zero-order chi connectivity index (χ0) is 51.7. The summed E-state index contributed by atoms with van der Waals surface area (Å²) in [6.07, 6.45) is 0.863. The van der Waals surface area contributed by atoms with E-state index in [9.17, 15) is 29.1 Å². The van der Waals surface area contributed by atoms with Crippen molar-refractivity contribution >= 4 is 52.5 Å². The van der Waals surface area contributed by atoms with Crippen LogP contribution in [0.5, 0.6) is 0 Å².